The molecule has 4 aromatic rings. The third-order valence-corrected chi connectivity index (χ3v) is 7.09. The molecule has 0 saturated carbocycles. The summed E-state index contributed by atoms with van der Waals surface area (Å²) in [7, 11) is 0. The number of amides is 1. The molecule has 8 heteroatoms. The van der Waals surface area contributed by atoms with Crippen molar-refractivity contribution in [2.24, 2.45) is 0 Å². The van der Waals surface area contributed by atoms with Gasteiger partial charge in [0.15, 0.2) is 0 Å². The molecule has 1 aliphatic rings. The van der Waals surface area contributed by atoms with Gasteiger partial charge in [-0.2, -0.15) is 0 Å². The first-order valence-electron chi connectivity index (χ1n) is 12.4. The summed E-state index contributed by atoms with van der Waals surface area (Å²) in [6.07, 6.45) is 2.27. The van der Waals surface area contributed by atoms with Gasteiger partial charge in [0.1, 0.15) is 11.5 Å². The molecule has 1 saturated heterocycles. The van der Waals surface area contributed by atoms with E-state index in [-0.39, 0.29) is 11.8 Å². The number of halogens is 2. The summed E-state index contributed by atoms with van der Waals surface area (Å²) in [6, 6.07) is 20.9. The number of nitrogens with zero attached hydrogens (tertiary/aromatic N) is 1. The Bertz CT molecular complexity index is 1350. The second-order valence-electron chi connectivity index (χ2n) is 9.12. The summed E-state index contributed by atoms with van der Waals surface area (Å²) in [4.78, 5) is 18.8. The maximum absolute atomic E-state index is 13.1. The number of fused-ring (bicyclic) bond motifs is 1. The number of hydrogen-bond donors (Lipinski definition) is 2. The fourth-order valence-electron chi connectivity index (χ4n) is 4.68. The number of carbonyl (C=O) groups is 1. The molecule has 0 bridgehead atoms. The normalized spacial score (nSPS) is 15.0. The van der Waals surface area contributed by atoms with Crippen molar-refractivity contribution >= 4 is 40.0 Å². The third kappa shape index (κ3) is 6.65. The SMILES string of the molecule is O=C(CC(c1cccc(Oc2ccc(Cl)cc2)c1)c1c[nH]c2ccc(Cl)cc12)NCCN1CCOCC1. The zero-order valence-corrected chi connectivity index (χ0v) is 21.9. The van der Waals surface area contributed by atoms with E-state index in [1.54, 1.807) is 12.1 Å². The van der Waals surface area contributed by atoms with Crippen LogP contribution in [0.5, 0.6) is 11.5 Å². The Balaban J connectivity index is 1.38. The van der Waals surface area contributed by atoms with Gasteiger partial charge >= 0.3 is 0 Å². The lowest BCUT2D eigenvalue weighted by atomic mass is 9.88. The highest BCUT2D eigenvalue weighted by Crippen LogP contribution is 2.36. The minimum Gasteiger partial charge on any atom is -0.457 e. The van der Waals surface area contributed by atoms with Gasteiger partial charge in [0.2, 0.25) is 5.91 Å². The van der Waals surface area contributed by atoms with E-state index >= 15 is 0 Å². The lowest BCUT2D eigenvalue weighted by molar-refractivity contribution is -0.121. The molecule has 6 nitrogen and oxygen atoms in total. The van der Waals surface area contributed by atoms with Crippen molar-refractivity contribution in [3.63, 3.8) is 0 Å². The molecule has 1 amide bonds. The standard InChI is InChI=1S/C29H29Cl2N3O3/c30-21-4-7-23(8-5-21)37-24-3-1-2-20(16-24)25(27-19-33-28-9-6-22(31)17-26(27)28)18-29(35)32-10-11-34-12-14-36-15-13-34/h1-9,16-17,19,25,33H,10-15,18H2,(H,32,35). The molecule has 2 N–H and O–H groups in total. The number of rotatable bonds is 9. The van der Waals surface area contributed by atoms with E-state index in [2.05, 4.69) is 15.2 Å². The maximum atomic E-state index is 13.1. The van der Waals surface area contributed by atoms with E-state index in [4.69, 9.17) is 32.7 Å². The Kier molecular flexibility index (Phi) is 8.31. The van der Waals surface area contributed by atoms with Gasteiger partial charge in [-0.3, -0.25) is 9.69 Å². The fraction of sp³-hybridized carbons (Fsp3) is 0.276. The smallest absolute Gasteiger partial charge is 0.220 e. The molecule has 37 heavy (non-hydrogen) atoms. The van der Waals surface area contributed by atoms with Crippen molar-refractivity contribution in [1.29, 1.82) is 0 Å². The second kappa shape index (κ2) is 12.0. The van der Waals surface area contributed by atoms with Gasteiger partial charge in [0.05, 0.1) is 13.2 Å². The highest BCUT2D eigenvalue weighted by Gasteiger charge is 2.22. The first-order chi connectivity index (χ1) is 18.0. The molecule has 1 unspecified atom stereocenters. The summed E-state index contributed by atoms with van der Waals surface area (Å²) in [5, 5.41) is 5.42. The molecule has 1 aliphatic heterocycles. The molecule has 0 aliphatic carbocycles. The van der Waals surface area contributed by atoms with Crippen molar-refractivity contribution in [3.05, 3.63) is 94.1 Å². The summed E-state index contributed by atoms with van der Waals surface area (Å²) >= 11 is 12.3. The average molecular weight is 538 g/mol. The molecule has 3 aromatic carbocycles. The van der Waals surface area contributed by atoms with E-state index in [1.807, 2.05) is 60.8 Å². The highest BCUT2D eigenvalue weighted by molar-refractivity contribution is 6.31. The van der Waals surface area contributed by atoms with Crippen LogP contribution in [-0.2, 0) is 9.53 Å². The monoisotopic (exact) mass is 537 g/mol. The largest absolute Gasteiger partial charge is 0.457 e. The molecule has 1 aromatic heterocycles. The molecule has 2 heterocycles. The number of benzene rings is 3. The Hall–Kier alpha value is -3.03. The zero-order valence-electron chi connectivity index (χ0n) is 20.4. The number of nitrogens with one attached hydrogen (secondary N) is 2. The van der Waals surface area contributed by atoms with Crippen LogP contribution in [0.1, 0.15) is 23.5 Å². The predicted molar refractivity (Wildman–Crippen MR) is 148 cm³/mol. The molecule has 192 valence electrons. The third-order valence-electron chi connectivity index (χ3n) is 6.60. The first-order valence-corrected chi connectivity index (χ1v) is 13.2. The van der Waals surface area contributed by atoms with Crippen LogP contribution < -0.4 is 10.1 Å². The van der Waals surface area contributed by atoms with Crippen LogP contribution >= 0.6 is 23.2 Å². The van der Waals surface area contributed by atoms with Crippen LogP contribution in [0.25, 0.3) is 10.9 Å². The molecule has 0 spiro atoms. The van der Waals surface area contributed by atoms with Crippen molar-refractivity contribution in [3.8, 4) is 11.5 Å². The van der Waals surface area contributed by atoms with E-state index < -0.39 is 0 Å². The fourth-order valence-corrected chi connectivity index (χ4v) is 4.98. The number of aromatic nitrogens is 1. The Labute approximate surface area is 226 Å². The summed E-state index contributed by atoms with van der Waals surface area (Å²) in [6.45, 7) is 4.70. The van der Waals surface area contributed by atoms with Crippen molar-refractivity contribution in [1.82, 2.24) is 15.2 Å². The molecule has 5 rings (SSSR count). The first kappa shape index (κ1) is 25.6. The van der Waals surface area contributed by atoms with Crippen LogP contribution in [0, 0.1) is 0 Å². The van der Waals surface area contributed by atoms with Gasteiger partial charge in [0.25, 0.3) is 0 Å². The number of morpholine rings is 1. The molecule has 1 fully saturated rings. The Morgan fingerprint density at radius 3 is 2.59 bits per heavy atom. The van der Waals surface area contributed by atoms with Gasteiger partial charge < -0.3 is 19.8 Å². The van der Waals surface area contributed by atoms with E-state index in [0.717, 1.165) is 54.9 Å². The molecule has 0 radical (unpaired) electrons. The van der Waals surface area contributed by atoms with Crippen molar-refractivity contribution in [2.45, 2.75) is 12.3 Å². The van der Waals surface area contributed by atoms with E-state index in [0.29, 0.717) is 34.5 Å². The lowest BCUT2D eigenvalue weighted by Crippen LogP contribution is -2.41. The summed E-state index contributed by atoms with van der Waals surface area (Å²) < 4.78 is 11.5. The molecule has 1 atom stereocenters. The number of hydrogen-bond acceptors (Lipinski definition) is 4. The number of ether oxygens (including phenoxy) is 2. The van der Waals surface area contributed by atoms with Crippen LogP contribution in [-0.4, -0.2) is 55.2 Å². The number of H-pyrrole nitrogens is 1. The maximum Gasteiger partial charge on any atom is 0.220 e. The summed E-state index contributed by atoms with van der Waals surface area (Å²) in [5.41, 5.74) is 2.98. The van der Waals surface area contributed by atoms with E-state index in [9.17, 15) is 4.79 Å². The predicted octanol–water partition coefficient (Wildman–Crippen LogP) is 6.24. The quantitative estimate of drug-likeness (QED) is 0.265. The second-order valence-corrected chi connectivity index (χ2v) is 10.00. The molecular formula is C29H29Cl2N3O3. The average Bonchev–Trinajstić information content (AvgIpc) is 3.32. The van der Waals surface area contributed by atoms with Crippen LogP contribution in [0.3, 0.4) is 0 Å². The minimum absolute atomic E-state index is 0.00124. The lowest BCUT2D eigenvalue weighted by Gasteiger charge is -2.26. The van der Waals surface area contributed by atoms with Crippen LogP contribution in [0.4, 0.5) is 0 Å². The Morgan fingerprint density at radius 2 is 1.78 bits per heavy atom. The van der Waals surface area contributed by atoms with Crippen molar-refractivity contribution < 1.29 is 14.3 Å². The van der Waals surface area contributed by atoms with Crippen molar-refractivity contribution in [2.75, 3.05) is 39.4 Å². The van der Waals surface area contributed by atoms with Gasteiger partial charge in [0, 0.05) is 65.7 Å². The number of carbonyl (C=O) groups excluding carboxylic acids is 1. The summed E-state index contributed by atoms with van der Waals surface area (Å²) in [5.74, 6) is 1.19. The highest BCUT2D eigenvalue weighted by atomic mass is 35.5. The topological polar surface area (TPSA) is 66.6 Å². The van der Waals surface area contributed by atoms with E-state index in [1.165, 1.54) is 0 Å². The van der Waals surface area contributed by atoms with Crippen LogP contribution in [0.15, 0.2) is 72.9 Å². The van der Waals surface area contributed by atoms with Gasteiger partial charge in [-0.25, -0.2) is 0 Å². The Morgan fingerprint density at radius 1 is 1.00 bits per heavy atom. The van der Waals surface area contributed by atoms with Gasteiger partial charge in [-0.1, -0.05) is 35.3 Å². The van der Waals surface area contributed by atoms with Crippen LogP contribution in [0.2, 0.25) is 10.0 Å². The minimum atomic E-state index is -0.190. The van der Waals surface area contributed by atoms with Gasteiger partial charge in [-0.05, 0) is 65.7 Å². The van der Waals surface area contributed by atoms with Gasteiger partial charge in [-0.15, -0.1) is 0 Å². The zero-order chi connectivity index (χ0) is 25.6. The number of aromatic amines is 1. The molecular weight excluding hydrogens is 509 g/mol.